The lowest BCUT2D eigenvalue weighted by Gasteiger charge is -2.15. The van der Waals surface area contributed by atoms with E-state index in [4.69, 9.17) is 10.5 Å². The van der Waals surface area contributed by atoms with Crippen molar-refractivity contribution in [3.05, 3.63) is 0 Å². The lowest BCUT2D eigenvalue weighted by atomic mass is 9.91. The van der Waals surface area contributed by atoms with Gasteiger partial charge in [0.15, 0.2) is 0 Å². The van der Waals surface area contributed by atoms with Crippen molar-refractivity contribution in [1.29, 1.82) is 0 Å². The molecule has 1 saturated carbocycles. The minimum atomic E-state index is -0.511. The molecular formula is C15H26N2O3. The van der Waals surface area contributed by atoms with Crippen LogP contribution in [0.5, 0.6) is 0 Å². The average Bonchev–Trinajstić information content (AvgIpc) is 2.97. The molecule has 1 aliphatic rings. The van der Waals surface area contributed by atoms with Crippen LogP contribution in [0.2, 0.25) is 0 Å². The molecule has 0 spiro atoms. The minimum absolute atomic E-state index is 0.0389. The van der Waals surface area contributed by atoms with Crippen molar-refractivity contribution < 1.29 is 14.3 Å². The number of hydrogen-bond donors (Lipinski definition) is 1. The minimum Gasteiger partial charge on any atom is -0.448 e. The molecule has 0 aromatic carbocycles. The summed E-state index contributed by atoms with van der Waals surface area (Å²) in [7, 11) is 0. The summed E-state index contributed by atoms with van der Waals surface area (Å²) in [5.74, 6) is 0.125. The summed E-state index contributed by atoms with van der Waals surface area (Å²) < 4.78 is 5.13. The monoisotopic (exact) mass is 282 g/mol. The second-order valence-corrected chi connectivity index (χ2v) is 6.24. The summed E-state index contributed by atoms with van der Waals surface area (Å²) in [6.07, 6.45) is 3.08. The van der Waals surface area contributed by atoms with Gasteiger partial charge in [-0.1, -0.05) is 13.8 Å². The maximum absolute atomic E-state index is 11.3. The number of rotatable bonds is 7. The van der Waals surface area contributed by atoms with Gasteiger partial charge in [0.2, 0.25) is 5.91 Å². The van der Waals surface area contributed by atoms with Crippen LogP contribution in [0.3, 0.4) is 0 Å². The molecule has 1 rings (SSSR count). The number of ether oxygens (including phenoxy) is 1. The summed E-state index contributed by atoms with van der Waals surface area (Å²) in [6, 6.07) is 0. The van der Waals surface area contributed by atoms with Gasteiger partial charge < -0.3 is 10.5 Å². The van der Waals surface area contributed by atoms with Crippen molar-refractivity contribution in [3.63, 3.8) is 0 Å². The number of primary amides is 1. The first-order valence-electron chi connectivity index (χ1n) is 7.26. The van der Waals surface area contributed by atoms with E-state index in [1.165, 1.54) is 0 Å². The van der Waals surface area contributed by atoms with Gasteiger partial charge in [-0.2, -0.15) is 4.99 Å². The SMILES string of the molecule is CCC(CCC1(C)CC1COC(=O)N=C(C)C)C(N)=O. The highest BCUT2D eigenvalue weighted by Gasteiger charge is 2.50. The third-order valence-corrected chi connectivity index (χ3v) is 4.22. The molecule has 5 nitrogen and oxygen atoms in total. The van der Waals surface area contributed by atoms with Crippen molar-refractivity contribution in [2.45, 2.75) is 53.4 Å². The number of carbonyl (C=O) groups is 2. The second kappa shape index (κ2) is 6.86. The molecule has 1 aliphatic carbocycles. The number of amides is 2. The Hall–Kier alpha value is -1.39. The van der Waals surface area contributed by atoms with Crippen LogP contribution in [0.25, 0.3) is 0 Å². The first-order chi connectivity index (χ1) is 9.28. The highest BCUT2D eigenvalue weighted by molar-refractivity contribution is 5.89. The summed E-state index contributed by atoms with van der Waals surface area (Å²) >= 11 is 0. The predicted octanol–water partition coefficient (Wildman–Crippen LogP) is 2.92. The molecule has 5 heteroatoms. The number of nitrogens with zero attached hydrogens (tertiary/aromatic N) is 1. The molecular weight excluding hydrogens is 256 g/mol. The van der Waals surface area contributed by atoms with Crippen molar-refractivity contribution >= 4 is 17.7 Å². The van der Waals surface area contributed by atoms with Crippen molar-refractivity contribution in [2.75, 3.05) is 6.61 Å². The Morgan fingerprint density at radius 3 is 2.60 bits per heavy atom. The van der Waals surface area contributed by atoms with E-state index in [-0.39, 0.29) is 17.2 Å². The van der Waals surface area contributed by atoms with Crippen LogP contribution >= 0.6 is 0 Å². The number of nitrogens with two attached hydrogens (primary N) is 1. The molecule has 2 amide bonds. The van der Waals surface area contributed by atoms with Crippen LogP contribution in [0.4, 0.5) is 4.79 Å². The Labute approximate surface area is 121 Å². The lowest BCUT2D eigenvalue weighted by Crippen LogP contribution is -2.23. The van der Waals surface area contributed by atoms with Crippen LogP contribution < -0.4 is 5.73 Å². The summed E-state index contributed by atoms with van der Waals surface area (Å²) in [5, 5.41) is 0. The van der Waals surface area contributed by atoms with E-state index in [1.54, 1.807) is 13.8 Å². The van der Waals surface area contributed by atoms with Gasteiger partial charge in [-0.3, -0.25) is 4.79 Å². The topological polar surface area (TPSA) is 81.8 Å². The van der Waals surface area contributed by atoms with Crippen molar-refractivity contribution in [1.82, 2.24) is 0 Å². The van der Waals surface area contributed by atoms with E-state index < -0.39 is 6.09 Å². The third-order valence-electron chi connectivity index (χ3n) is 4.22. The lowest BCUT2D eigenvalue weighted by molar-refractivity contribution is -0.122. The fraction of sp³-hybridized carbons (Fsp3) is 0.800. The van der Waals surface area contributed by atoms with E-state index in [2.05, 4.69) is 11.9 Å². The standard InChI is InChI=1S/C15H26N2O3/c1-5-11(13(16)18)6-7-15(4)8-12(15)9-20-14(19)17-10(2)3/h11-12H,5-9H2,1-4H3,(H2,16,18). The Kier molecular flexibility index (Phi) is 5.72. The molecule has 0 bridgehead atoms. The van der Waals surface area contributed by atoms with Crippen LogP contribution in [0.1, 0.15) is 53.4 Å². The molecule has 3 unspecified atom stereocenters. The second-order valence-electron chi connectivity index (χ2n) is 6.24. The zero-order chi connectivity index (χ0) is 15.3. The average molecular weight is 282 g/mol. The molecule has 0 aromatic rings. The number of hydrogen-bond acceptors (Lipinski definition) is 3. The highest BCUT2D eigenvalue weighted by Crippen LogP contribution is 2.56. The summed E-state index contributed by atoms with van der Waals surface area (Å²) in [4.78, 5) is 26.3. The maximum atomic E-state index is 11.3. The molecule has 0 saturated heterocycles. The zero-order valence-corrected chi connectivity index (χ0v) is 12.9. The molecule has 0 aliphatic heterocycles. The smallest absolute Gasteiger partial charge is 0.433 e. The predicted molar refractivity (Wildman–Crippen MR) is 78.6 cm³/mol. The Bertz CT molecular complexity index is 402. The largest absolute Gasteiger partial charge is 0.448 e. The van der Waals surface area contributed by atoms with Crippen molar-refractivity contribution in [3.8, 4) is 0 Å². The van der Waals surface area contributed by atoms with E-state index in [0.29, 0.717) is 18.2 Å². The van der Waals surface area contributed by atoms with Crippen LogP contribution in [0.15, 0.2) is 4.99 Å². The van der Waals surface area contributed by atoms with Gasteiger partial charge in [-0.05, 0) is 50.9 Å². The van der Waals surface area contributed by atoms with Gasteiger partial charge >= 0.3 is 6.09 Å². The summed E-state index contributed by atoms with van der Waals surface area (Å²) in [5.41, 5.74) is 6.22. The first kappa shape index (κ1) is 16.7. The molecule has 0 radical (unpaired) electrons. The van der Waals surface area contributed by atoms with Gasteiger partial charge in [0.1, 0.15) is 0 Å². The van der Waals surface area contributed by atoms with Gasteiger partial charge in [0.05, 0.1) is 6.61 Å². The van der Waals surface area contributed by atoms with Crippen LogP contribution in [-0.2, 0) is 9.53 Å². The quantitative estimate of drug-likeness (QED) is 0.729. The normalized spacial score (nSPS) is 25.7. The van der Waals surface area contributed by atoms with Gasteiger partial charge in [-0.15, -0.1) is 0 Å². The number of aliphatic imine (C=N–C) groups is 1. The van der Waals surface area contributed by atoms with Crippen molar-refractivity contribution in [2.24, 2.45) is 28.0 Å². The molecule has 0 heterocycles. The highest BCUT2D eigenvalue weighted by atomic mass is 16.5. The molecule has 3 atom stereocenters. The van der Waals surface area contributed by atoms with E-state index in [9.17, 15) is 9.59 Å². The zero-order valence-electron chi connectivity index (χ0n) is 12.9. The van der Waals surface area contributed by atoms with Gasteiger partial charge in [-0.25, -0.2) is 4.79 Å². The van der Waals surface area contributed by atoms with Gasteiger partial charge in [0, 0.05) is 11.6 Å². The maximum Gasteiger partial charge on any atom is 0.433 e. The Balaban J connectivity index is 2.31. The molecule has 0 aromatic heterocycles. The fourth-order valence-electron chi connectivity index (χ4n) is 2.51. The van der Waals surface area contributed by atoms with E-state index in [0.717, 1.165) is 25.7 Å². The summed E-state index contributed by atoms with van der Waals surface area (Å²) in [6.45, 7) is 8.09. The first-order valence-corrected chi connectivity index (χ1v) is 7.26. The third kappa shape index (κ3) is 4.94. The molecule has 20 heavy (non-hydrogen) atoms. The van der Waals surface area contributed by atoms with Crippen LogP contribution in [0, 0.1) is 17.3 Å². The van der Waals surface area contributed by atoms with E-state index >= 15 is 0 Å². The number of carbonyl (C=O) groups excluding carboxylic acids is 2. The van der Waals surface area contributed by atoms with E-state index in [1.807, 2.05) is 6.92 Å². The molecule has 114 valence electrons. The van der Waals surface area contributed by atoms with Gasteiger partial charge in [0.25, 0.3) is 0 Å². The van der Waals surface area contributed by atoms with Crippen LogP contribution in [-0.4, -0.2) is 24.3 Å². The fourth-order valence-corrected chi connectivity index (χ4v) is 2.51. The molecule has 2 N–H and O–H groups in total. The molecule has 1 fully saturated rings. The Morgan fingerprint density at radius 1 is 1.45 bits per heavy atom. The Morgan fingerprint density at radius 2 is 2.10 bits per heavy atom.